The fraction of sp³-hybridized carbons (Fsp3) is 0.333. The van der Waals surface area contributed by atoms with Crippen molar-refractivity contribution < 1.29 is 19.1 Å². The Morgan fingerprint density at radius 1 is 1.56 bits per heavy atom. The molecule has 1 N–H and O–H groups in total. The first-order chi connectivity index (χ1) is 8.47. The minimum atomic E-state index is -0.968. The molecular formula is C12H11BrFNO3. The molecule has 6 heteroatoms. The Labute approximate surface area is 112 Å². The third-order valence-electron chi connectivity index (χ3n) is 2.93. The topological polar surface area (TPSA) is 57.6 Å². The van der Waals surface area contributed by atoms with Crippen LogP contribution in [0.4, 0.5) is 4.39 Å². The van der Waals surface area contributed by atoms with Crippen LogP contribution in [0.15, 0.2) is 22.7 Å². The number of carboxylic acids is 1. The summed E-state index contributed by atoms with van der Waals surface area (Å²) in [5.74, 6) is -2.22. The summed E-state index contributed by atoms with van der Waals surface area (Å²) in [6.07, 6.45) is 0.0161. The van der Waals surface area contributed by atoms with E-state index in [0.717, 1.165) is 0 Å². The fourth-order valence-electron chi connectivity index (χ4n) is 1.96. The van der Waals surface area contributed by atoms with Gasteiger partial charge >= 0.3 is 5.97 Å². The van der Waals surface area contributed by atoms with E-state index in [4.69, 9.17) is 5.11 Å². The van der Waals surface area contributed by atoms with Crippen LogP contribution in [0.3, 0.4) is 0 Å². The van der Waals surface area contributed by atoms with E-state index in [2.05, 4.69) is 15.9 Å². The highest BCUT2D eigenvalue weighted by atomic mass is 79.9. The molecule has 0 spiro atoms. The summed E-state index contributed by atoms with van der Waals surface area (Å²) in [5.41, 5.74) is 0.634. The zero-order valence-corrected chi connectivity index (χ0v) is 11.0. The first kappa shape index (κ1) is 13.0. The first-order valence-electron chi connectivity index (χ1n) is 5.42. The van der Waals surface area contributed by atoms with Crippen molar-refractivity contribution >= 4 is 27.8 Å². The van der Waals surface area contributed by atoms with E-state index in [0.29, 0.717) is 10.0 Å². The number of rotatable bonds is 3. The van der Waals surface area contributed by atoms with Gasteiger partial charge in [0, 0.05) is 24.0 Å². The fourth-order valence-corrected chi connectivity index (χ4v) is 2.33. The molecule has 0 aliphatic carbocycles. The summed E-state index contributed by atoms with van der Waals surface area (Å²) in [5, 5.41) is 8.87. The van der Waals surface area contributed by atoms with Crippen LogP contribution in [0.25, 0.3) is 0 Å². The predicted molar refractivity (Wildman–Crippen MR) is 65.3 cm³/mol. The van der Waals surface area contributed by atoms with Crippen LogP contribution >= 0.6 is 15.9 Å². The lowest BCUT2D eigenvalue weighted by Gasteiger charge is -2.17. The number of carboxylic acid groups (broad SMARTS) is 1. The van der Waals surface area contributed by atoms with Crippen molar-refractivity contribution in [1.82, 2.24) is 4.90 Å². The van der Waals surface area contributed by atoms with Crippen LogP contribution in [-0.2, 0) is 16.1 Å². The molecule has 0 bridgehead atoms. The van der Waals surface area contributed by atoms with Crippen LogP contribution in [0.2, 0.25) is 0 Å². The largest absolute Gasteiger partial charge is 0.481 e. The molecule has 1 aromatic rings. The van der Waals surface area contributed by atoms with Crippen molar-refractivity contribution in [2.24, 2.45) is 5.92 Å². The van der Waals surface area contributed by atoms with Crippen molar-refractivity contribution in [3.8, 4) is 0 Å². The van der Waals surface area contributed by atoms with E-state index in [1.54, 1.807) is 6.07 Å². The predicted octanol–water partition coefficient (Wildman–Crippen LogP) is 2.02. The van der Waals surface area contributed by atoms with E-state index < -0.39 is 11.9 Å². The second-order valence-electron chi connectivity index (χ2n) is 4.25. The first-order valence-corrected chi connectivity index (χ1v) is 6.21. The molecule has 0 saturated carbocycles. The molecule has 1 unspecified atom stereocenters. The third kappa shape index (κ3) is 2.69. The molecule has 4 nitrogen and oxygen atoms in total. The second kappa shape index (κ2) is 5.06. The lowest BCUT2D eigenvalue weighted by atomic mass is 10.1. The number of carbonyl (C=O) groups excluding carboxylic acids is 1. The molecule has 0 radical (unpaired) electrons. The number of nitrogens with zero attached hydrogens (tertiary/aromatic N) is 1. The zero-order valence-electron chi connectivity index (χ0n) is 9.40. The molecule has 2 rings (SSSR count). The van der Waals surface area contributed by atoms with Gasteiger partial charge < -0.3 is 10.0 Å². The third-order valence-corrected chi connectivity index (χ3v) is 3.71. The van der Waals surface area contributed by atoms with Gasteiger partial charge in [0.05, 0.1) is 5.92 Å². The van der Waals surface area contributed by atoms with Gasteiger partial charge in [0.1, 0.15) is 5.82 Å². The van der Waals surface area contributed by atoms with E-state index in [1.165, 1.54) is 17.0 Å². The van der Waals surface area contributed by atoms with Crippen LogP contribution in [-0.4, -0.2) is 28.4 Å². The van der Waals surface area contributed by atoms with Crippen LogP contribution in [0, 0.1) is 11.7 Å². The summed E-state index contributed by atoms with van der Waals surface area (Å²) in [6.45, 7) is 0.401. The maximum absolute atomic E-state index is 13.1. The Bertz CT molecular complexity index is 506. The number of carbonyl (C=O) groups is 2. The lowest BCUT2D eigenvalue weighted by molar-refractivity contribution is -0.141. The van der Waals surface area contributed by atoms with Gasteiger partial charge in [0.15, 0.2) is 0 Å². The van der Waals surface area contributed by atoms with Gasteiger partial charge in [-0.2, -0.15) is 0 Å². The molecule has 1 heterocycles. The molecule has 1 saturated heterocycles. The molecule has 1 amide bonds. The van der Waals surface area contributed by atoms with Crippen LogP contribution in [0.5, 0.6) is 0 Å². The van der Waals surface area contributed by atoms with E-state index >= 15 is 0 Å². The molecule has 1 fully saturated rings. The molecule has 1 atom stereocenters. The zero-order chi connectivity index (χ0) is 13.3. The van der Waals surface area contributed by atoms with E-state index in [1.807, 2.05) is 0 Å². The Morgan fingerprint density at radius 2 is 2.28 bits per heavy atom. The number of halogens is 2. The average Bonchev–Trinajstić information content (AvgIpc) is 2.66. The molecule has 0 aromatic heterocycles. The number of hydrogen-bond acceptors (Lipinski definition) is 2. The molecule has 1 aliphatic heterocycles. The Kier molecular flexibility index (Phi) is 3.65. The van der Waals surface area contributed by atoms with Gasteiger partial charge in [-0.25, -0.2) is 4.39 Å². The molecule has 1 aliphatic rings. The molecule has 96 valence electrons. The summed E-state index contributed by atoms with van der Waals surface area (Å²) in [7, 11) is 0. The number of benzene rings is 1. The van der Waals surface area contributed by atoms with Crippen molar-refractivity contribution in [2.45, 2.75) is 13.0 Å². The summed E-state index contributed by atoms with van der Waals surface area (Å²) >= 11 is 3.28. The monoisotopic (exact) mass is 315 g/mol. The van der Waals surface area contributed by atoms with Gasteiger partial charge in [-0.1, -0.05) is 15.9 Å². The Hall–Kier alpha value is -1.43. The highest BCUT2D eigenvalue weighted by Gasteiger charge is 2.34. The van der Waals surface area contributed by atoms with Gasteiger partial charge in [0.25, 0.3) is 0 Å². The molecule has 1 aromatic carbocycles. The SMILES string of the molecule is O=C(O)C1CC(=O)N(Cc2cc(F)ccc2Br)C1. The van der Waals surface area contributed by atoms with Gasteiger partial charge in [0.2, 0.25) is 5.91 Å². The van der Waals surface area contributed by atoms with Crippen LogP contribution < -0.4 is 0 Å². The molecular weight excluding hydrogens is 305 g/mol. The number of amides is 1. The minimum absolute atomic E-state index is 0.0161. The van der Waals surface area contributed by atoms with Crippen molar-refractivity contribution in [3.05, 3.63) is 34.1 Å². The van der Waals surface area contributed by atoms with Gasteiger partial charge in [-0.3, -0.25) is 9.59 Å². The van der Waals surface area contributed by atoms with Crippen LogP contribution in [0.1, 0.15) is 12.0 Å². The van der Waals surface area contributed by atoms with Gasteiger partial charge in [-0.05, 0) is 23.8 Å². The molecule has 18 heavy (non-hydrogen) atoms. The summed E-state index contributed by atoms with van der Waals surface area (Å²) in [4.78, 5) is 23.9. The summed E-state index contributed by atoms with van der Waals surface area (Å²) < 4.78 is 13.8. The maximum atomic E-state index is 13.1. The average molecular weight is 316 g/mol. The van der Waals surface area contributed by atoms with E-state index in [-0.39, 0.29) is 31.2 Å². The van der Waals surface area contributed by atoms with Gasteiger partial charge in [-0.15, -0.1) is 0 Å². The smallest absolute Gasteiger partial charge is 0.308 e. The number of hydrogen-bond donors (Lipinski definition) is 1. The Balaban J connectivity index is 2.12. The maximum Gasteiger partial charge on any atom is 0.308 e. The highest BCUT2D eigenvalue weighted by Crippen LogP contribution is 2.24. The van der Waals surface area contributed by atoms with Crippen molar-refractivity contribution in [3.63, 3.8) is 0 Å². The quantitative estimate of drug-likeness (QED) is 0.928. The lowest BCUT2D eigenvalue weighted by Crippen LogP contribution is -2.26. The van der Waals surface area contributed by atoms with Crippen molar-refractivity contribution in [1.29, 1.82) is 0 Å². The Morgan fingerprint density at radius 3 is 2.89 bits per heavy atom. The summed E-state index contributed by atoms with van der Waals surface area (Å²) in [6, 6.07) is 4.23. The second-order valence-corrected chi connectivity index (χ2v) is 5.10. The minimum Gasteiger partial charge on any atom is -0.481 e. The standard InChI is InChI=1S/C12H11BrFNO3/c13-10-2-1-9(14)3-7(10)5-15-6-8(12(17)18)4-11(15)16/h1-3,8H,4-6H2,(H,17,18). The number of likely N-dealkylation sites (tertiary alicyclic amines) is 1. The van der Waals surface area contributed by atoms with Crippen molar-refractivity contribution in [2.75, 3.05) is 6.54 Å². The van der Waals surface area contributed by atoms with E-state index in [9.17, 15) is 14.0 Å². The highest BCUT2D eigenvalue weighted by molar-refractivity contribution is 9.10. The normalized spacial score (nSPS) is 19.3. The number of aliphatic carboxylic acids is 1.